The Morgan fingerprint density at radius 2 is 1.78 bits per heavy atom. The van der Waals surface area contributed by atoms with Gasteiger partial charge in [-0.2, -0.15) is 0 Å². The lowest BCUT2D eigenvalue weighted by Crippen LogP contribution is -2.12. The molecule has 1 aromatic carbocycles. The molecule has 3 heterocycles. The minimum absolute atomic E-state index is 0.219. The minimum Gasteiger partial charge on any atom is -0.262 e. The van der Waals surface area contributed by atoms with Crippen LogP contribution in [-0.4, -0.2) is 27.3 Å². The van der Waals surface area contributed by atoms with E-state index in [1.165, 1.54) is 3.97 Å². The zero-order valence-corrected chi connectivity index (χ0v) is 17.6. The van der Waals surface area contributed by atoms with Gasteiger partial charge in [0.25, 0.3) is 10.0 Å². The highest BCUT2D eigenvalue weighted by Crippen LogP contribution is 2.27. The number of aryl methyl sites for hydroxylation is 2. The van der Waals surface area contributed by atoms with Gasteiger partial charge in [-0.25, -0.2) is 22.4 Å². The predicted octanol–water partition coefficient (Wildman–Crippen LogP) is 3.95. The Hall–Kier alpha value is -2.33. The highest BCUT2D eigenvalue weighted by atomic mass is 127. The number of benzene rings is 1. The van der Waals surface area contributed by atoms with Gasteiger partial charge in [0.15, 0.2) is 5.65 Å². The van der Waals surface area contributed by atoms with E-state index in [0.717, 1.165) is 20.4 Å². The summed E-state index contributed by atoms with van der Waals surface area (Å²) in [6.07, 6.45) is 4.87. The van der Waals surface area contributed by atoms with Crippen molar-refractivity contribution >= 4 is 43.8 Å². The van der Waals surface area contributed by atoms with E-state index < -0.39 is 10.0 Å². The normalized spacial score (nSPS) is 11.8. The Kier molecular flexibility index (Phi) is 4.47. The Bertz CT molecular complexity index is 1260. The molecule has 0 aliphatic rings. The first-order valence-corrected chi connectivity index (χ1v) is 10.7. The van der Waals surface area contributed by atoms with Crippen LogP contribution < -0.4 is 0 Å². The quantitative estimate of drug-likeness (QED) is 0.407. The number of pyridine rings is 1. The van der Waals surface area contributed by atoms with E-state index in [1.807, 2.05) is 26.0 Å². The molecular weight excluding hydrogens is 475 g/mol. The number of hydrogen-bond acceptors (Lipinski definition) is 5. The molecule has 8 heteroatoms. The summed E-state index contributed by atoms with van der Waals surface area (Å²) in [5, 5.41) is 0. The number of rotatable bonds is 3. The lowest BCUT2D eigenvalue weighted by molar-refractivity contribution is 0.588. The van der Waals surface area contributed by atoms with Crippen molar-refractivity contribution in [2.24, 2.45) is 0 Å². The van der Waals surface area contributed by atoms with Gasteiger partial charge in [0.1, 0.15) is 5.52 Å². The van der Waals surface area contributed by atoms with Gasteiger partial charge in [0, 0.05) is 23.7 Å². The van der Waals surface area contributed by atoms with Crippen LogP contribution in [0.4, 0.5) is 0 Å². The third-order valence-corrected chi connectivity index (χ3v) is 6.64. The lowest BCUT2D eigenvalue weighted by atomic mass is 10.2. The van der Waals surface area contributed by atoms with Gasteiger partial charge < -0.3 is 0 Å². The number of fused-ring (bicyclic) bond motifs is 1. The van der Waals surface area contributed by atoms with Crippen molar-refractivity contribution in [3.63, 3.8) is 0 Å². The highest BCUT2D eigenvalue weighted by Gasteiger charge is 2.22. The summed E-state index contributed by atoms with van der Waals surface area (Å²) < 4.78 is 28.0. The molecule has 0 saturated carbocycles. The molecule has 0 spiro atoms. The molecule has 0 atom stereocenters. The largest absolute Gasteiger partial charge is 0.269 e. The van der Waals surface area contributed by atoms with Crippen molar-refractivity contribution in [1.82, 2.24) is 18.9 Å². The lowest BCUT2D eigenvalue weighted by Gasteiger charge is -2.07. The van der Waals surface area contributed by atoms with E-state index in [-0.39, 0.29) is 4.90 Å². The second-order valence-corrected chi connectivity index (χ2v) is 9.18. The zero-order chi connectivity index (χ0) is 19.2. The maximum Gasteiger partial charge on any atom is 0.269 e. The fourth-order valence-electron chi connectivity index (χ4n) is 2.78. The third-order valence-electron chi connectivity index (χ3n) is 4.19. The molecule has 136 valence electrons. The maximum atomic E-state index is 13.1. The van der Waals surface area contributed by atoms with Crippen LogP contribution in [0.15, 0.2) is 59.9 Å². The van der Waals surface area contributed by atoms with Gasteiger partial charge in [-0.3, -0.25) is 4.98 Å². The minimum atomic E-state index is -3.75. The Morgan fingerprint density at radius 3 is 2.48 bits per heavy atom. The van der Waals surface area contributed by atoms with Crippen LogP contribution in [0.1, 0.15) is 11.3 Å². The van der Waals surface area contributed by atoms with E-state index in [4.69, 9.17) is 0 Å². The molecule has 0 unspecified atom stereocenters. The summed E-state index contributed by atoms with van der Waals surface area (Å²) >= 11 is 2.09. The highest BCUT2D eigenvalue weighted by molar-refractivity contribution is 14.1. The van der Waals surface area contributed by atoms with Crippen LogP contribution in [-0.2, 0) is 10.0 Å². The molecule has 4 rings (SSSR count). The molecule has 0 N–H and O–H groups in total. The van der Waals surface area contributed by atoms with Crippen molar-refractivity contribution in [3.05, 3.63) is 69.8 Å². The Balaban J connectivity index is 1.88. The summed E-state index contributed by atoms with van der Waals surface area (Å²) in [6, 6.07) is 10.5. The Labute approximate surface area is 170 Å². The smallest absolute Gasteiger partial charge is 0.262 e. The van der Waals surface area contributed by atoms with Crippen molar-refractivity contribution in [2.45, 2.75) is 18.7 Å². The van der Waals surface area contributed by atoms with Gasteiger partial charge in [-0.1, -0.05) is 17.7 Å². The fraction of sp³-hybridized carbons (Fsp3) is 0.105. The van der Waals surface area contributed by atoms with Gasteiger partial charge >= 0.3 is 0 Å². The molecule has 3 aromatic heterocycles. The summed E-state index contributed by atoms with van der Waals surface area (Å²) in [4.78, 5) is 13.5. The molecule has 6 nitrogen and oxygen atoms in total. The number of nitrogens with zero attached hydrogens (tertiary/aromatic N) is 4. The molecule has 0 saturated heterocycles. The van der Waals surface area contributed by atoms with Crippen LogP contribution in [0.3, 0.4) is 0 Å². The van der Waals surface area contributed by atoms with Crippen molar-refractivity contribution in [2.75, 3.05) is 0 Å². The number of aromatic nitrogens is 4. The Morgan fingerprint density at radius 1 is 1.04 bits per heavy atom. The number of halogens is 1. The molecule has 0 bridgehead atoms. The fourth-order valence-corrected chi connectivity index (χ4v) is 4.92. The monoisotopic (exact) mass is 490 g/mol. The van der Waals surface area contributed by atoms with Gasteiger partial charge in [-0.15, -0.1) is 0 Å². The van der Waals surface area contributed by atoms with E-state index in [9.17, 15) is 8.42 Å². The SMILES string of the molecule is Cc1ccc(S(=O)(=O)n2cc(I)c3nc(-c4ccnc(C)c4)cnc32)cc1. The molecule has 0 aliphatic carbocycles. The number of hydrogen-bond donors (Lipinski definition) is 0. The third kappa shape index (κ3) is 3.23. The van der Waals surface area contributed by atoms with Gasteiger partial charge in [0.05, 0.1) is 20.4 Å². The summed E-state index contributed by atoms with van der Waals surface area (Å²) in [6.45, 7) is 3.82. The molecular formula is C19H15IN4O2S. The van der Waals surface area contributed by atoms with Crippen LogP contribution >= 0.6 is 22.6 Å². The van der Waals surface area contributed by atoms with Crippen LogP contribution in [0.25, 0.3) is 22.4 Å². The van der Waals surface area contributed by atoms with E-state index >= 15 is 0 Å². The first-order chi connectivity index (χ1) is 12.9. The topological polar surface area (TPSA) is 77.7 Å². The van der Waals surface area contributed by atoms with E-state index in [2.05, 4.69) is 37.5 Å². The molecule has 0 radical (unpaired) electrons. The molecule has 0 fully saturated rings. The average molecular weight is 490 g/mol. The van der Waals surface area contributed by atoms with Crippen molar-refractivity contribution in [3.8, 4) is 11.3 Å². The van der Waals surface area contributed by atoms with Crippen molar-refractivity contribution < 1.29 is 8.42 Å². The standard InChI is InChI=1S/C19H15IN4O2S/c1-12-3-5-15(6-4-12)27(25,26)24-11-16(20)18-19(24)22-10-17(23-18)14-7-8-21-13(2)9-14/h3-11H,1-2H3. The van der Waals surface area contributed by atoms with Gasteiger partial charge in [-0.05, 0) is 60.7 Å². The average Bonchev–Trinajstić information content (AvgIpc) is 2.99. The molecule has 4 aromatic rings. The van der Waals surface area contributed by atoms with Crippen LogP contribution in [0.5, 0.6) is 0 Å². The zero-order valence-electron chi connectivity index (χ0n) is 14.6. The molecule has 0 amide bonds. The van der Waals surface area contributed by atoms with E-state index in [0.29, 0.717) is 16.9 Å². The van der Waals surface area contributed by atoms with Crippen LogP contribution in [0.2, 0.25) is 0 Å². The second kappa shape index (κ2) is 6.68. The first-order valence-electron chi connectivity index (χ1n) is 8.15. The predicted molar refractivity (Wildman–Crippen MR) is 112 cm³/mol. The summed E-state index contributed by atoms with van der Waals surface area (Å²) in [7, 11) is -3.75. The molecule has 0 aliphatic heterocycles. The van der Waals surface area contributed by atoms with Gasteiger partial charge in [0.2, 0.25) is 0 Å². The molecule has 27 heavy (non-hydrogen) atoms. The summed E-state index contributed by atoms with van der Waals surface area (Å²) in [5.74, 6) is 0. The van der Waals surface area contributed by atoms with E-state index in [1.54, 1.807) is 42.9 Å². The summed E-state index contributed by atoms with van der Waals surface area (Å²) in [5.41, 5.74) is 4.31. The van der Waals surface area contributed by atoms with Crippen molar-refractivity contribution in [1.29, 1.82) is 0 Å². The maximum absolute atomic E-state index is 13.1. The van der Waals surface area contributed by atoms with Crippen LogP contribution in [0, 0.1) is 17.4 Å². The first kappa shape index (κ1) is 18.1. The second-order valence-electron chi connectivity index (χ2n) is 6.20.